The van der Waals surface area contributed by atoms with E-state index in [0.29, 0.717) is 5.75 Å². The molecular weight excluding hydrogens is 435 g/mol. The second-order valence-corrected chi connectivity index (χ2v) is 7.04. The highest BCUT2D eigenvalue weighted by Gasteiger charge is 2.09. The Hall–Kier alpha value is -1.67. The molecule has 0 atom stereocenters. The van der Waals surface area contributed by atoms with Crippen LogP contribution in [0.25, 0.3) is 0 Å². The fourth-order valence-corrected chi connectivity index (χ4v) is 2.94. The summed E-state index contributed by atoms with van der Waals surface area (Å²) in [5.74, 6) is 0.395. The Morgan fingerprint density at radius 1 is 1.12 bits per heavy atom. The maximum atomic E-state index is 12.0. The van der Waals surface area contributed by atoms with Crippen molar-refractivity contribution in [2.45, 2.75) is 20.8 Å². The summed E-state index contributed by atoms with van der Waals surface area (Å²) in [7, 11) is 0. The van der Waals surface area contributed by atoms with Crippen molar-refractivity contribution >= 4 is 51.5 Å². The first kappa shape index (κ1) is 18.7. The molecule has 2 N–H and O–H groups in total. The van der Waals surface area contributed by atoms with Gasteiger partial charge in [-0.2, -0.15) is 0 Å². The van der Waals surface area contributed by atoms with E-state index in [4.69, 9.17) is 17.0 Å². The number of carbonyl (C=O) groups excluding carboxylic acids is 1. The van der Waals surface area contributed by atoms with Crippen LogP contribution in [0.15, 0.2) is 36.4 Å². The fraction of sp³-hybridized carbons (Fsp3) is 0.222. The Morgan fingerprint density at radius 3 is 2.54 bits per heavy atom. The molecule has 0 saturated carbocycles. The average Bonchev–Trinajstić information content (AvgIpc) is 2.51. The van der Waals surface area contributed by atoms with Gasteiger partial charge in [-0.15, -0.1) is 0 Å². The summed E-state index contributed by atoms with van der Waals surface area (Å²) >= 11 is 7.50. The summed E-state index contributed by atoms with van der Waals surface area (Å²) < 4.78 is 6.70. The van der Waals surface area contributed by atoms with Gasteiger partial charge in [0.15, 0.2) is 11.7 Å². The second-order valence-electron chi connectivity index (χ2n) is 5.47. The molecule has 2 rings (SSSR count). The van der Waals surface area contributed by atoms with Crippen LogP contribution in [0.1, 0.15) is 16.7 Å². The van der Waals surface area contributed by atoms with Crippen molar-refractivity contribution in [3.63, 3.8) is 0 Å². The Kier molecular flexibility index (Phi) is 6.56. The number of amides is 1. The third-order valence-electron chi connectivity index (χ3n) is 3.46. The van der Waals surface area contributed by atoms with Gasteiger partial charge in [-0.05, 0) is 90.5 Å². The second kappa shape index (κ2) is 8.43. The summed E-state index contributed by atoms with van der Waals surface area (Å²) in [6.07, 6.45) is 0. The molecule has 2 aromatic rings. The van der Waals surface area contributed by atoms with Gasteiger partial charge in [0.1, 0.15) is 5.75 Å². The number of halogens is 1. The van der Waals surface area contributed by atoms with Gasteiger partial charge in [0.05, 0.1) is 0 Å². The first-order chi connectivity index (χ1) is 11.4. The summed E-state index contributed by atoms with van der Waals surface area (Å²) in [6, 6.07) is 11.6. The number of hydrogen-bond donors (Lipinski definition) is 2. The molecule has 0 aliphatic heterocycles. The lowest BCUT2D eigenvalue weighted by Crippen LogP contribution is -2.37. The molecule has 0 saturated heterocycles. The minimum Gasteiger partial charge on any atom is -0.483 e. The molecule has 0 heterocycles. The van der Waals surface area contributed by atoms with Crippen molar-refractivity contribution in [1.29, 1.82) is 0 Å². The lowest BCUT2D eigenvalue weighted by atomic mass is 10.1. The number of carbonyl (C=O) groups is 1. The molecule has 1 amide bonds. The van der Waals surface area contributed by atoms with Crippen LogP contribution < -0.4 is 15.4 Å². The third kappa shape index (κ3) is 5.17. The first-order valence-electron chi connectivity index (χ1n) is 7.43. The predicted octanol–water partition coefficient (Wildman–Crippen LogP) is 4.11. The molecule has 0 spiro atoms. The number of thiocarbonyl (C=S) groups is 1. The van der Waals surface area contributed by atoms with Crippen molar-refractivity contribution in [2.75, 3.05) is 11.9 Å². The van der Waals surface area contributed by atoms with Gasteiger partial charge in [0.25, 0.3) is 5.91 Å². The van der Waals surface area contributed by atoms with Gasteiger partial charge in [0, 0.05) is 9.26 Å². The quantitative estimate of drug-likeness (QED) is 0.540. The fourth-order valence-electron chi connectivity index (χ4n) is 2.09. The molecule has 0 aliphatic rings. The Bertz CT molecular complexity index is 778. The van der Waals surface area contributed by atoms with Crippen LogP contribution in [0.4, 0.5) is 5.69 Å². The van der Waals surface area contributed by atoms with Crippen LogP contribution in [-0.2, 0) is 4.79 Å². The van der Waals surface area contributed by atoms with Crippen LogP contribution >= 0.6 is 34.8 Å². The van der Waals surface area contributed by atoms with Crippen molar-refractivity contribution in [2.24, 2.45) is 0 Å². The number of para-hydroxylation sites is 1. The van der Waals surface area contributed by atoms with Gasteiger partial charge in [-0.25, -0.2) is 0 Å². The normalized spacial score (nSPS) is 10.2. The molecule has 0 aromatic heterocycles. The number of hydrogen-bond acceptors (Lipinski definition) is 3. The topological polar surface area (TPSA) is 50.4 Å². The zero-order valence-electron chi connectivity index (χ0n) is 13.8. The molecule has 0 unspecified atom stereocenters. The summed E-state index contributed by atoms with van der Waals surface area (Å²) in [5, 5.41) is 5.95. The maximum Gasteiger partial charge on any atom is 0.264 e. The van der Waals surface area contributed by atoms with Gasteiger partial charge >= 0.3 is 0 Å². The molecule has 0 bridgehead atoms. The van der Waals surface area contributed by atoms with E-state index in [9.17, 15) is 4.79 Å². The summed E-state index contributed by atoms with van der Waals surface area (Å²) in [6.45, 7) is 5.87. The molecule has 0 fully saturated rings. The van der Waals surface area contributed by atoms with Crippen LogP contribution in [0.2, 0.25) is 0 Å². The smallest absolute Gasteiger partial charge is 0.264 e. The zero-order valence-corrected chi connectivity index (χ0v) is 16.7. The van der Waals surface area contributed by atoms with E-state index in [1.165, 1.54) is 3.57 Å². The minimum atomic E-state index is -0.296. The number of ether oxygens (including phenoxy) is 1. The Morgan fingerprint density at radius 2 is 1.83 bits per heavy atom. The lowest BCUT2D eigenvalue weighted by Gasteiger charge is -2.14. The van der Waals surface area contributed by atoms with E-state index < -0.39 is 0 Å². The zero-order chi connectivity index (χ0) is 17.7. The summed E-state index contributed by atoms with van der Waals surface area (Å²) in [4.78, 5) is 12.0. The minimum absolute atomic E-state index is 0.0859. The molecule has 24 heavy (non-hydrogen) atoms. The Labute approximate surface area is 161 Å². The van der Waals surface area contributed by atoms with Crippen molar-refractivity contribution in [3.8, 4) is 5.75 Å². The molecule has 2 aromatic carbocycles. The molecule has 126 valence electrons. The van der Waals surface area contributed by atoms with E-state index >= 15 is 0 Å². The molecule has 6 heteroatoms. The SMILES string of the molecule is Cc1cc(NC(=S)NC(=O)COc2ccccc2C)c(C)cc1I. The van der Waals surface area contributed by atoms with Gasteiger partial charge in [-0.1, -0.05) is 18.2 Å². The molecule has 4 nitrogen and oxygen atoms in total. The highest BCUT2D eigenvalue weighted by molar-refractivity contribution is 14.1. The lowest BCUT2D eigenvalue weighted by molar-refractivity contribution is -0.121. The van der Waals surface area contributed by atoms with E-state index in [2.05, 4.69) is 39.3 Å². The average molecular weight is 454 g/mol. The number of rotatable bonds is 4. The van der Waals surface area contributed by atoms with Crippen LogP contribution in [0.3, 0.4) is 0 Å². The van der Waals surface area contributed by atoms with Gasteiger partial charge < -0.3 is 10.1 Å². The molecule has 0 radical (unpaired) electrons. The molecular formula is C18H19IN2O2S. The van der Waals surface area contributed by atoms with E-state index in [1.807, 2.05) is 51.1 Å². The number of nitrogens with one attached hydrogen (secondary N) is 2. The van der Waals surface area contributed by atoms with Gasteiger partial charge in [0.2, 0.25) is 0 Å². The molecule has 0 aliphatic carbocycles. The first-order valence-corrected chi connectivity index (χ1v) is 8.91. The van der Waals surface area contributed by atoms with Crippen LogP contribution in [0.5, 0.6) is 5.75 Å². The van der Waals surface area contributed by atoms with Crippen LogP contribution in [-0.4, -0.2) is 17.6 Å². The van der Waals surface area contributed by atoms with Gasteiger partial charge in [-0.3, -0.25) is 10.1 Å². The van der Waals surface area contributed by atoms with E-state index in [1.54, 1.807) is 0 Å². The van der Waals surface area contributed by atoms with E-state index in [0.717, 1.165) is 22.4 Å². The largest absolute Gasteiger partial charge is 0.483 e. The Balaban J connectivity index is 1.89. The third-order valence-corrected chi connectivity index (χ3v) is 4.83. The van der Waals surface area contributed by atoms with Crippen molar-refractivity contribution in [3.05, 3.63) is 56.7 Å². The number of benzene rings is 2. The predicted molar refractivity (Wildman–Crippen MR) is 110 cm³/mol. The highest BCUT2D eigenvalue weighted by Crippen LogP contribution is 2.21. The monoisotopic (exact) mass is 454 g/mol. The van der Waals surface area contributed by atoms with Crippen molar-refractivity contribution in [1.82, 2.24) is 5.32 Å². The highest BCUT2D eigenvalue weighted by atomic mass is 127. The van der Waals surface area contributed by atoms with Crippen LogP contribution in [0, 0.1) is 24.3 Å². The number of anilines is 1. The maximum absolute atomic E-state index is 12.0. The standard InChI is InChI=1S/C18H19IN2O2S/c1-11-6-4-5-7-16(11)23-10-17(22)21-18(24)20-15-9-12(2)14(19)8-13(15)3/h4-9H,10H2,1-3H3,(H2,20,21,22,24). The number of aryl methyl sites for hydroxylation is 3. The van der Waals surface area contributed by atoms with Crippen molar-refractivity contribution < 1.29 is 9.53 Å². The summed E-state index contributed by atoms with van der Waals surface area (Å²) in [5.41, 5.74) is 4.09. The van der Waals surface area contributed by atoms with E-state index in [-0.39, 0.29) is 17.6 Å².